The van der Waals surface area contributed by atoms with E-state index in [1.165, 1.54) is 12.1 Å². The van der Waals surface area contributed by atoms with Crippen LogP contribution in [0, 0.1) is 10.1 Å². The molecule has 1 heterocycles. The van der Waals surface area contributed by atoms with Crippen molar-refractivity contribution >= 4 is 0 Å². The molecule has 0 saturated carbocycles. The van der Waals surface area contributed by atoms with Gasteiger partial charge in [0.05, 0.1) is 0 Å². The van der Waals surface area contributed by atoms with Crippen LogP contribution in [-0.4, -0.2) is 53.3 Å². The molecule has 3 N–H and O–H groups in total. The molecule has 2 rings (SSSR count). The van der Waals surface area contributed by atoms with Crippen molar-refractivity contribution in [2.24, 2.45) is 0 Å². The number of phenols is 1. The Balaban J connectivity index is 2.02. The summed E-state index contributed by atoms with van der Waals surface area (Å²) in [5, 5.41) is 32.5. The van der Waals surface area contributed by atoms with Gasteiger partial charge in [-0.05, 0) is 12.1 Å². The first-order valence-corrected chi connectivity index (χ1v) is 7.69. The summed E-state index contributed by atoms with van der Waals surface area (Å²) in [6.45, 7) is 4.36. The lowest BCUT2D eigenvalue weighted by Crippen LogP contribution is -2.35. The van der Waals surface area contributed by atoms with Gasteiger partial charge in [0.15, 0.2) is 11.5 Å². The van der Waals surface area contributed by atoms with Gasteiger partial charge in [0.25, 0.3) is 5.09 Å². The molecule has 0 saturated heterocycles. The van der Waals surface area contributed by atoms with Gasteiger partial charge in [0.1, 0.15) is 31.2 Å². The van der Waals surface area contributed by atoms with E-state index < -0.39 is 17.3 Å². The van der Waals surface area contributed by atoms with Gasteiger partial charge in [-0.2, -0.15) is 0 Å². The lowest BCUT2D eigenvalue weighted by molar-refractivity contribution is -0.769. The van der Waals surface area contributed by atoms with E-state index in [-0.39, 0.29) is 31.4 Å². The van der Waals surface area contributed by atoms with Crippen LogP contribution in [0.15, 0.2) is 12.1 Å². The van der Waals surface area contributed by atoms with Crippen molar-refractivity contribution in [1.29, 1.82) is 0 Å². The van der Waals surface area contributed by atoms with Crippen molar-refractivity contribution < 1.29 is 29.6 Å². The maximum atomic E-state index is 10.4. The van der Waals surface area contributed by atoms with Gasteiger partial charge in [-0.15, -0.1) is 10.1 Å². The second-order valence-corrected chi connectivity index (χ2v) is 5.88. The summed E-state index contributed by atoms with van der Waals surface area (Å²) in [5.74, 6) is 0.643. The minimum Gasteiger partial charge on any atom is -0.508 e. The minimum atomic E-state index is -0.880. The molecule has 9 heteroatoms. The highest BCUT2D eigenvalue weighted by molar-refractivity contribution is 5.54. The van der Waals surface area contributed by atoms with E-state index >= 15 is 0 Å². The van der Waals surface area contributed by atoms with Crippen LogP contribution in [0.5, 0.6) is 17.2 Å². The summed E-state index contributed by atoms with van der Waals surface area (Å²) in [4.78, 5) is 14.9. The molecular formula is C15H22N2O7. The largest absolute Gasteiger partial charge is 0.508 e. The molecule has 0 spiro atoms. The zero-order valence-corrected chi connectivity index (χ0v) is 13.6. The fourth-order valence-electron chi connectivity index (χ4n) is 2.33. The highest BCUT2D eigenvalue weighted by Gasteiger charge is 2.28. The summed E-state index contributed by atoms with van der Waals surface area (Å²) >= 11 is 0. The quantitative estimate of drug-likeness (QED) is 0.464. The molecular weight excluding hydrogens is 320 g/mol. The van der Waals surface area contributed by atoms with Crippen molar-refractivity contribution in [2.75, 3.05) is 19.8 Å². The summed E-state index contributed by atoms with van der Waals surface area (Å²) in [5.41, 5.74) is 0.389. The molecule has 1 aliphatic rings. The van der Waals surface area contributed by atoms with E-state index in [1.54, 1.807) is 0 Å². The van der Waals surface area contributed by atoms with Crippen LogP contribution in [0.4, 0.5) is 0 Å². The van der Waals surface area contributed by atoms with E-state index in [0.29, 0.717) is 23.6 Å². The van der Waals surface area contributed by atoms with Gasteiger partial charge >= 0.3 is 0 Å². The molecule has 0 bridgehead atoms. The number of benzene rings is 1. The van der Waals surface area contributed by atoms with Crippen LogP contribution in [0.25, 0.3) is 0 Å². The van der Waals surface area contributed by atoms with Crippen molar-refractivity contribution in [2.45, 2.75) is 38.5 Å². The molecule has 0 aliphatic carbocycles. The van der Waals surface area contributed by atoms with E-state index in [4.69, 9.17) is 9.47 Å². The van der Waals surface area contributed by atoms with E-state index in [1.807, 2.05) is 13.8 Å². The molecule has 2 unspecified atom stereocenters. The molecule has 0 radical (unpaired) electrons. The number of hydrogen-bond donors (Lipinski definition) is 3. The second kappa shape index (κ2) is 8.02. The highest BCUT2D eigenvalue weighted by atomic mass is 17.0. The van der Waals surface area contributed by atoms with E-state index in [2.05, 4.69) is 10.2 Å². The van der Waals surface area contributed by atoms with E-state index in [0.717, 1.165) is 0 Å². The maximum absolute atomic E-state index is 10.4. The number of ether oxygens (including phenoxy) is 2. The second-order valence-electron chi connectivity index (χ2n) is 5.88. The third-order valence-corrected chi connectivity index (χ3v) is 3.47. The number of rotatable bonds is 8. The Morgan fingerprint density at radius 3 is 2.92 bits per heavy atom. The number of aliphatic hydroxyl groups is 1. The van der Waals surface area contributed by atoms with Crippen LogP contribution in [0.2, 0.25) is 0 Å². The standard InChI is InChI=1S/C15H22N2O7/c1-9(2)16-6-10(18)7-22-14-4-3-13(19)12-5-11(24-17(20)21)8-23-15(12)14/h3-4,9-11,16,18-19H,5-8H2,1-2H3. The Labute approximate surface area is 139 Å². The van der Waals surface area contributed by atoms with Gasteiger partial charge in [0, 0.05) is 24.6 Å². The van der Waals surface area contributed by atoms with E-state index in [9.17, 15) is 20.3 Å². The van der Waals surface area contributed by atoms with Gasteiger partial charge in [-0.3, -0.25) is 0 Å². The monoisotopic (exact) mass is 342 g/mol. The molecule has 1 aliphatic heterocycles. The van der Waals surface area contributed by atoms with Crippen molar-refractivity contribution in [3.8, 4) is 17.2 Å². The summed E-state index contributed by atoms with van der Waals surface area (Å²) < 4.78 is 11.0. The summed E-state index contributed by atoms with van der Waals surface area (Å²) in [6, 6.07) is 3.21. The summed E-state index contributed by atoms with van der Waals surface area (Å²) in [7, 11) is 0. The van der Waals surface area contributed by atoms with Crippen molar-refractivity contribution in [1.82, 2.24) is 5.32 Å². The van der Waals surface area contributed by atoms with Gasteiger partial charge in [-0.1, -0.05) is 13.8 Å². The van der Waals surface area contributed by atoms with Crippen LogP contribution >= 0.6 is 0 Å². The SMILES string of the molecule is CC(C)NCC(O)COc1ccc(O)c2c1OCC(O[N+](=O)[O-])C2. The Hall–Kier alpha value is -2.26. The number of aromatic hydroxyl groups is 1. The molecule has 0 fully saturated rings. The van der Waals surface area contributed by atoms with Gasteiger partial charge in [-0.25, -0.2) is 0 Å². The van der Waals surface area contributed by atoms with Crippen LogP contribution < -0.4 is 14.8 Å². The first kappa shape index (κ1) is 18.1. The molecule has 9 nitrogen and oxygen atoms in total. The average Bonchev–Trinajstić information content (AvgIpc) is 2.52. The van der Waals surface area contributed by atoms with Crippen LogP contribution in [0.3, 0.4) is 0 Å². The molecule has 2 atom stereocenters. The number of nitrogens with zero attached hydrogens (tertiary/aromatic N) is 1. The number of hydrogen-bond acceptors (Lipinski definition) is 8. The van der Waals surface area contributed by atoms with Crippen molar-refractivity contribution in [3.05, 3.63) is 27.8 Å². The molecule has 1 aromatic carbocycles. The number of aliphatic hydroxyl groups excluding tert-OH is 1. The normalized spacial score (nSPS) is 17.8. The predicted molar refractivity (Wildman–Crippen MR) is 83.8 cm³/mol. The Morgan fingerprint density at radius 1 is 1.50 bits per heavy atom. The Bertz CT molecular complexity index is 579. The van der Waals surface area contributed by atoms with Gasteiger partial charge in [0.2, 0.25) is 0 Å². The minimum absolute atomic E-state index is 0.0226. The zero-order chi connectivity index (χ0) is 17.7. The third-order valence-electron chi connectivity index (χ3n) is 3.47. The number of phenolic OH excluding ortho intramolecular Hbond substituents is 1. The fraction of sp³-hybridized carbons (Fsp3) is 0.600. The fourth-order valence-corrected chi connectivity index (χ4v) is 2.33. The first-order valence-electron chi connectivity index (χ1n) is 7.69. The predicted octanol–water partition coefficient (Wildman–Crippen LogP) is 0.642. The molecule has 1 aromatic rings. The maximum Gasteiger partial charge on any atom is 0.294 e. The third kappa shape index (κ3) is 4.87. The van der Waals surface area contributed by atoms with Crippen molar-refractivity contribution in [3.63, 3.8) is 0 Å². The molecule has 134 valence electrons. The smallest absolute Gasteiger partial charge is 0.294 e. The van der Waals surface area contributed by atoms with Crippen LogP contribution in [-0.2, 0) is 11.3 Å². The lowest BCUT2D eigenvalue weighted by Gasteiger charge is -2.26. The topological polar surface area (TPSA) is 123 Å². The number of fused-ring (bicyclic) bond motifs is 1. The Morgan fingerprint density at radius 2 is 2.25 bits per heavy atom. The van der Waals surface area contributed by atoms with Gasteiger partial charge < -0.3 is 29.8 Å². The molecule has 0 aromatic heterocycles. The lowest BCUT2D eigenvalue weighted by atomic mass is 10.0. The number of nitrogens with one attached hydrogen (secondary N) is 1. The Kier molecular flexibility index (Phi) is 6.04. The van der Waals surface area contributed by atoms with Crippen LogP contribution in [0.1, 0.15) is 19.4 Å². The molecule has 0 amide bonds. The molecule has 24 heavy (non-hydrogen) atoms. The highest BCUT2D eigenvalue weighted by Crippen LogP contribution is 2.40. The zero-order valence-electron chi connectivity index (χ0n) is 13.6. The average molecular weight is 342 g/mol. The first-order chi connectivity index (χ1) is 11.4. The summed E-state index contributed by atoms with van der Waals surface area (Å²) in [6.07, 6.45) is -1.35.